The molecule has 0 aliphatic carbocycles. The molecule has 1 aliphatic rings. The number of esters is 1. The minimum absolute atomic E-state index is 0.0560. The van der Waals surface area contributed by atoms with Crippen LogP contribution in [0.1, 0.15) is 31.7 Å². The molecule has 0 saturated carbocycles. The molecule has 2 aromatic rings. The van der Waals surface area contributed by atoms with Crippen LogP contribution in [-0.4, -0.2) is 38.2 Å². The number of cyclic esters (lactones) is 1. The number of nitrogens with zero attached hydrogens (tertiary/aromatic N) is 3. The van der Waals surface area contributed by atoms with Crippen LogP contribution in [-0.2, 0) is 39.2 Å². The second-order valence-electron chi connectivity index (χ2n) is 6.82. The van der Waals surface area contributed by atoms with Gasteiger partial charge < -0.3 is 18.9 Å². The van der Waals surface area contributed by atoms with Gasteiger partial charge in [-0.25, -0.2) is 9.78 Å². The molecule has 1 atom stereocenters. The molecule has 1 aromatic carbocycles. The molecule has 7 heteroatoms. The van der Waals surface area contributed by atoms with Gasteiger partial charge in [-0.2, -0.15) is 0 Å². The minimum Gasteiger partial charge on any atom is -0.432 e. The summed E-state index contributed by atoms with van der Waals surface area (Å²) in [5.74, 6) is -0.910. The zero-order chi connectivity index (χ0) is 18.7. The van der Waals surface area contributed by atoms with E-state index in [1.165, 1.54) is 0 Å². The number of ether oxygens (including phenoxy) is 2. The van der Waals surface area contributed by atoms with Gasteiger partial charge in [-0.15, -0.1) is 0 Å². The van der Waals surface area contributed by atoms with E-state index in [9.17, 15) is 9.59 Å². The van der Waals surface area contributed by atoms with Gasteiger partial charge in [0.2, 0.25) is 11.7 Å². The SMILES string of the molecule is Cn1ccnc1CN(Cc1ccccc1)C(=O)CC1OC(C)(C)OC1=O. The van der Waals surface area contributed by atoms with Crippen molar-refractivity contribution in [1.82, 2.24) is 14.5 Å². The van der Waals surface area contributed by atoms with Crippen LogP contribution in [0.15, 0.2) is 42.7 Å². The summed E-state index contributed by atoms with van der Waals surface area (Å²) < 4.78 is 12.6. The van der Waals surface area contributed by atoms with Crippen LogP contribution in [0, 0.1) is 0 Å². The van der Waals surface area contributed by atoms with E-state index in [0.29, 0.717) is 13.1 Å². The highest BCUT2D eigenvalue weighted by atomic mass is 16.8. The molecular formula is C19H23N3O4. The molecule has 138 valence electrons. The molecule has 1 aliphatic heterocycles. The van der Waals surface area contributed by atoms with Crippen molar-refractivity contribution < 1.29 is 19.1 Å². The van der Waals surface area contributed by atoms with Gasteiger partial charge in [0.15, 0.2) is 6.10 Å². The lowest BCUT2D eigenvalue weighted by atomic mass is 10.2. The number of aryl methyl sites for hydroxylation is 1. The molecule has 1 aromatic heterocycles. The zero-order valence-electron chi connectivity index (χ0n) is 15.2. The van der Waals surface area contributed by atoms with Crippen molar-refractivity contribution in [2.24, 2.45) is 7.05 Å². The quantitative estimate of drug-likeness (QED) is 0.740. The number of amides is 1. The number of hydrogen-bond donors (Lipinski definition) is 0. The summed E-state index contributed by atoms with van der Waals surface area (Å²) in [6, 6.07) is 9.71. The first-order valence-corrected chi connectivity index (χ1v) is 8.52. The lowest BCUT2D eigenvalue weighted by Crippen LogP contribution is -2.35. The lowest BCUT2D eigenvalue weighted by Gasteiger charge is -2.23. The van der Waals surface area contributed by atoms with Crippen LogP contribution in [0.5, 0.6) is 0 Å². The van der Waals surface area contributed by atoms with E-state index in [1.807, 2.05) is 48.1 Å². The fraction of sp³-hybridized carbons (Fsp3) is 0.421. The third-order valence-electron chi connectivity index (χ3n) is 4.22. The first kappa shape index (κ1) is 18.1. The van der Waals surface area contributed by atoms with E-state index in [-0.39, 0.29) is 12.3 Å². The van der Waals surface area contributed by atoms with Gasteiger partial charge in [0.25, 0.3) is 0 Å². The number of benzene rings is 1. The van der Waals surface area contributed by atoms with Crippen LogP contribution in [0.3, 0.4) is 0 Å². The summed E-state index contributed by atoms with van der Waals surface area (Å²) in [6.45, 7) is 4.09. The maximum absolute atomic E-state index is 12.9. The van der Waals surface area contributed by atoms with Crippen LogP contribution in [0.4, 0.5) is 0 Å². The Hall–Kier alpha value is -2.67. The number of aromatic nitrogens is 2. The maximum Gasteiger partial charge on any atom is 0.338 e. The van der Waals surface area contributed by atoms with Gasteiger partial charge in [0.05, 0.1) is 13.0 Å². The van der Waals surface area contributed by atoms with Crippen molar-refractivity contribution in [3.63, 3.8) is 0 Å². The van der Waals surface area contributed by atoms with Crippen molar-refractivity contribution in [2.45, 2.75) is 45.2 Å². The highest BCUT2D eigenvalue weighted by Gasteiger charge is 2.42. The number of hydrogen-bond acceptors (Lipinski definition) is 5. The van der Waals surface area contributed by atoms with Gasteiger partial charge in [-0.3, -0.25) is 4.79 Å². The molecular weight excluding hydrogens is 334 g/mol. The Morgan fingerprint density at radius 3 is 2.58 bits per heavy atom. The predicted octanol–water partition coefficient (Wildman–Crippen LogP) is 2.02. The van der Waals surface area contributed by atoms with E-state index in [0.717, 1.165) is 11.4 Å². The van der Waals surface area contributed by atoms with Gasteiger partial charge in [-0.1, -0.05) is 30.3 Å². The minimum atomic E-state index is -0.994. The van der Waals surface area contributed by atoms with Crippen LogP contribution >= 0.6 is 0 Å². The number of carbonyl (C=O) groups excluding carboxylic acids is 2. The molecule has 0 spiro atoms. The maximum atomic E-state index is 12.9. The molecule has 26 heavy (non-hydrogen) atoms. The van der Waals surface area contributed by atoms with E-state index >= 15 is 0 Å². The number of carbonyl (C=O) groups is 2. The molecule has 1 saturated heterocycles. The molecule has 1 unspecified atom stereocenters. The van der Waals surface area contributed by atoms with Crippen molar-refractivity contribution in [1.29, 1.82) is 0 Å². The van der Waals surface area contributed by atoms with E-state index < -0.39 is 17.9 Å². The third kappa shape index (κ3) is 4.29. The summed E-state index contributed by atoms with van der Waals surface area (Å²) in [6.07, 6.45) is 2.60. The first-order chi connectivity index (χ1) is 12.3. The van der Waals surface area contributed by atoms with Crippen LogP contribution < -0.4 is 0 Å². The number of imidazole rings is 1. The normalized spacial score (nSPS) is 18.6. The largest absolute Gasteiger partial charge is 0.432 e. The van der Waals surface area contributed by atoms with Gasteiger partial charge in [0.1, 0.15) is 5.82 Å². The van der Waals surface area contributed by atoms with E-state index in [1.54, 1.807) is 24.9 Å². The summed E-state index contributed by atoms with van der Waals surface area (Å²) in [5.41, 5.74) is 1.00. The standard InChI is InChI=1S/C19H23N3O4/c1-19(2)25-15(18(24)26-19)11-17(23)22(12-14-7-5-4-6-8-14)13-16-20-9-10-21(16)3/h4-10,15H,11-13H2,1-3H3. The summed E-state index contributed by atoms with van der Waals surface area (Å²) in [7, 11) is 1.88. The van der Waals surface area contributed by atoms with Crippen molar-refractivity contribution in [3.8, 4) is 0 Å². The second kappa shape index (κ2) is 7.29. The Morgan fingerprint density at radius 2 is 2.00 bits per heavy atom. The molecule has 7 nitrogen and oxygen atoms in total. The van der Waals surface area contributed by atoms with Gasteiger partial charge in [0, 0.05) is 39.8 Å². The monoisotopic (exact) mass is 357 g/mol. The molecule has 0 radical (unpaired) electrons. The van der Waals surface area contributed by atoms with Crippen molar-refractivity contribution in [3.05, 3.63) is 54.1 Å². The lowest BCUT2D eigenvalue weighted by molar-refractivity contribution is -0.161. The van der Waals surface area contributed by atoms with Crippen molar-refractivity contribution in [2.75, 3.05) is 0 Å². The Labute approximate surface area is 152 Å². The molecule has 1 amide bonds. The van der Waals surface area contributed by atoms with Gasteiger partial charge in [-0.05, 0) is 5.56 Å². The fourth-order valence-electron chi connectivity index (χ4n) is 2.89. The Balaban J connectivity index is 1.74. The first-order valence-electron chi connectivity index (χ1n) is 8.52. The highest BCUT2D eigenvalue weighted by molar-refractivity contribution is 5.85. The molecule has 1 fully saturated rings. The Morgan fingerprint density at radius 1 is 1.27 bits per heavy atom. The molecule has 0 N–H and O–H groups in total. The van der Waals surface area contributed by atoms with E-state index in [2.05, 4.69) is 4.98 Å². The summed E-state index contributed by atoms with van der Waals surface area (Å²) in [4.78, 5) is 30.8. The Bertz CT molecular complexity index is 785. The molecule has 3 rings (SSSR count). The summed E-state index contributed by atoms with van der Waals surface area (Å²) in [5, 5.41) is 0. The molecule has 2 heterocycles. The summed E-state index contributed by atoms with van der Waals surface area (Å²) >= 11 is 0. The van der Waals surface area contributed by atoms with E-state index in [4.69, 9.17) is 9.47 Å². The predicted molar refractivity (Wildman–Crippen MR) is 93.6 cm³/mol. The average molecular weight is 357 g/mol. The fourth-order valence-corrected chi connectivity index (χ4v) is 2.89. The third-order valence-corrected chi connectivity index (χ3v) is 4.22. The van der Waals surface area contributed by atoms with Gasteiger partial charge >= 0.3 is 5.97 Å². The number of rotatable bonds is 6. The smallest absolute Gasteiger partial charge is 0.338 e. The highest BCUT2D eigenvalue weighted by Crippen LogP contribution is 2.26. The van der Waals surface area contributed by atoms with Crippen LogP contribution in [0.2, 0.25) is 0 Å². The topological polar surface area (TPSA) is 73.7 Å². The zero-order valence-corrected chi connectivity index (χ0v) is 15.2. The van der Waals surface area contributed by atoms with Crippen molar-refractivity contribution >= 4 is 11.9 Å². The Kier molecular flexibility index (Phi) is 5.08. The van der Waals surface area contributed by atoms with Crippen LogP contribution in [0.25, 0.3) is 0 Å². The molecule has 0 bridgehead atoms. The second-order valence-corrected chi connectivity index (χ2v) is 6.82. The average Bonchev–Trinajstić information content (AvgIpc) is 3.09.